The second-order valence-electron chi connectivity index (χ2n) is 3.90. The molecular formula is C11H14N4O. The zero-order valence-electron chi connectivity index (χ0n) is 8.96. The molecule has 5 heteroatoms. The Morgan fingerprint density at radius 2 is 2.31 bits per heavy atom. The summed E-state index contributed by atoms with van der Waals surface area (Å²) in [6.45, 7) is 1.88. The Balaban J connectivity index is 2.21. The molecule has 1 aromatic rings. The van der Waals surface area contributed by atoms with Crippen molar-refractivity contribution in [1.29, 1.82) is 0 Å². The molecule has 0 fully saturated rings. The number of nitrogen functional groups attached to an aromatic ring is 1. The summed E-state index contributed by atoms with van der Waals surface area (Å²) in [5.41, 5.74) is 4.91. The van der Waals surface area contributed by atoms with Gasteiger partial charge in [0.15, 0.2) is 0 Å². The third-order valence-electron chi connectivity index (χ3n) is 2.53. The predicted octanol–water partition coefficient (Wildman–Crippen LogP) is 0.716. The first-order chi connectivity index (χ1) is 7.60. The highest BCUT2D eigenvalue weighted by Crippen LogP contribution is 2.22. The van der Waals surface area contributed by atoms with E-state index in [-0.39, 0.29) is 5.95 Å². The lowest BCUT2D eigenvalue weighted by atomic mass is 9.90. The van der Waals surface area contributed by atoms with Gasteiger partial charge in [-0.1, -0.05) is 24.3 Å². The topological polar surface area (TPSA) is 84.1 Å². The van der Waals surface area contributed by atoms with Crippen molar-refractivity contribution >= 4 is 11.8 Å². The molecule has 0 amide bonds. The van der Waals surface area contributed by atoms with E-state index >= 15 is 0 Å². The molecule has 16 heavy (non-hydrogen) atoms. The number of rotatable bonds is 2. The van der Waals surface area contributed by atoms with Crippen LogP contribution in [0.25, 0.3) is 0 Å². The van der Waals surface area contributed by atoms with Crippen LogP contribution in [0.5, 0.6) is 0 Å². The third kappa shape index (κ3) is 2.04. The molecule has 0 aliphatic heterocycles. The average molecular weight is 218 g/mol. The van der Waals surface area contributed by atoms with E-state index in [1.807, 2.05) is 25.2 Å². The van der Waals surface area contributed by atoms with Crippen LogP contribution >= 0.6 is 0 Å². The third-order valence-corrected chi connectivity index (χ3v) is 2.53. The summed E-state index contributed by atoms with van der Waals surface area (Å²) in [5, 5.41) is 13.0. The van der Waals surface area contributed by atoms with E-state index in [0.29, 0.717) is 5.82 Å². The van der Waals surface area contributed by atoms with E-state index in [4.69, 9.17) is 5.73 Å². The molecule has 5 nitrogen and oxygen atoms in total. The Labute approximate surface area is 93.7 Å². The van der Waals surface area contributed by atoms with Gasteiger partial charge in [0.25, 0.3) is 0 Å². The van der Waals surface area contributed by atoms with Gasteiger partial charge >= 0.3 is 0 Å². The number of nitrogens with one attached hydrogen (secondary N) is 1. The normalized spacial score (nSPS) is 28.0. The van der Waals surface area contributed by atoms with E-state index in [9.17, 15) is 5.11 Å². The number of aromatic nitrogens is 2. The van der Waals surface area contributed by atoms with Crippen LogP contribution in [0.3, 0.4) is 0 Å². The van der Waals surface area contributed by atoms with Gasteiger partial charge in [-0.3, -0.25) is 0 Å². The molecule has 0 spiro atoms. The van der Waals surface area contributed by atoms with E-state index in [0.717, 1.165) is 0 Å². The molecule has 0 saturated carbocycles. The monoisotopic (exact) mass is 218 g/mol. The lowest BCUT2D eigenvalue weighted by molar-refractivity contribution is 0.172. The highest BCUT2D eigenvalue weighted by atomic mass is 16.3. The van der Waals surface area contributed by atoms with Crippen molar-refractivity contribution in [2.75, 3.05) is 11.1 Å². The Morgan fingerprint density at radius 3 is 3.00 bits per heavy atom. The predicted molar refractivity (Wildman–Crippen MR) is 62.8 cm³/mol. The van der Waals surface area contributed by atoms with Crippen molar-refractivity contribution in [1.82, 2.24) is 9.97 Å². The van der Waals surface area contributed by atoms with Crippen LogP contribution in [0.15, 0.2) is 36.6 Å². The zero-order valence-corrected chi connectivity index (χ0v) is 8.96. The lowest BCUT2D eigenvalue weighted by Gasteiger charge is -2.33. The van der Waals surface area contributed by atoms with Gasteiger partial charge in [0.1, 0.15) is 5.82 Å². The number of anilines is 2. The van der Waals surface area contributed by atoms with Crippen LogP contribution in [0.2, 0.25) is 0 Å². The van der Waals surface area contributed by atoms with Gasteiger partial charge in [0.05, 0.1) is 11.6 Å². The number of aliphatic hydroxyl groups excluding tert-OH is 1. The minimum Gasteiger partial charge on any atom is -0.386 e. The van der Waals surface area contributed by atoms with Crippen molar-refractivity contribution in [3.63, 3.8) is 0 Å². The fourth-order valence-electron chi connectivity index (χ4n) is 1.56. The van der Waals surface area contributed by atoms with Crippen LogP contribution in [0.1, 0.15) is 6.92 Å². The summed E-state index contributed by atoms with van der Waals surface area (Å²) in [7, 11) is 0. The Hall–Kier alpha value is -1.88. The molecule has 0 bridgehead atoms. The SMILES string of the molecule is CC1(Nc2ccnc(N)n2)C=CC=CC1O. The van der Waals surface area contributed by atoms with Crippen LogP contribution < -0.4 is 11.1 Å². The van der Waals surface area contributed by atoms with E-state index in [2.05, 4.69) is 15.3 Å². The van der Waals surface area contributed by atoms with Crippen LogP contribution in [-0.2, 0) is 0 Å². The molecule has 0 saturated heterocycles. The molecule has 1 aromatic heterocycles. The first-order valence-electron chi connectivity index (χ1n) is 5.01. The fourth-order valence-corrected chi connectivity index (χ4v) is 1.56. The van der Waals surface area contributed by atoms with Gasteiger partial charge in [-0.2, -0.15) is 4.98 Å². The van der Waals surface area contributed by atoms with Gasteiger partial charge in [-0.25, -0.2) is 4.98 Å². The van der Waals surface area contributed by atoms with Gasteiger partial charge in [-0.05, 0) is 13.0 Å². The van der Waals surface area contributed by atoms with E-state index in [1.54, 1.807) is 18.3 Å². The van der Waals surface area contributed by atoms with Gasteiger partial charge in [0.2, 0.25) is 5.95 Å². The van der Waals surface area contributed by atoms with E-state index in [1.165, 1.54) is 0 Å². The molecular weight excluding hydrogens is 204 g/mol. The van der Waals surface area contributed by atoms with Crippen LogP contribution in [0, 0.1) is 0 Å². The molecule has 0 aromatic carbocycles. The second-order valence-corrected chi connectivity index (χ2v) is 3.90. The summed E-state index contributed by atoms with van der Waals surface area (Å²) in [5.74, 6) is 0.799. The largest absolute Gasteiger partial charge is 0.386 e. The summed E-state index contributed by atoms with van der Waals surface area (Å²) in [4.78, 5) is 7.84. The molecule has 1 heterocycles. The number of hydrogen-bond acceptors (Lipinski definition) is 5. The molecule has 1 aliphatic carbocycles. The fraction of sp³-hybridized carbons (Fsp3) is 0.273. The Morgan fingerprint density at radius 1 is 1.50 bits per heavy atom. The number of nitrogens with zero attached hydrogens (tertiary/aromatic N) is 2. The minimum atomic E-state index is -0.603. The molecule has 1 aliphatic rings. The maximum absolute atomic E-state index is 9.88. The summed E-state index contributed by atoms with van der Waals surface area (Å²) in [6.07, 6.45) is 8.26. The van der Waals surface area contributed by atoms with Crippen molar-refractivity contribution < 1.29 is 5.11 Å². The molecule has 0 radical (unpaired) electrons. The maximum atomic E-state index is 9.88. The van der Waals surface area contributed by atoms with E-state index < -0.39 is 11.6 Å². The van der Waals surface area contributed by atoms with Gasteiger partial charge in [-0.15, -0.1) is 0 Å². The summed E-state index contributed by atoms with van der Waals surface area (Å²) in [6, 6.07) is 1.71. The second kappa shape index (κ2) is 3.94. The van der Waals surface area contributed by atoms with Gasteiger partial charge < -0.3 is 16.2 Å². The number of hydrogen-bond donors (Lipinski definition) is 3. The Bertz CT molecular complexity index is 443. The smallest absolute Gasteiger partial charge is 0.221 e. The lowest BCUT2D eigenvalue weighted by Crippen LogP contribution is -2.45. The molecule has 2 unspecified atom stereocenters. The Kier molecular flexibility index (Phi) is 2.62. The van der Waals surface area contributed by atoms with Crippen molar-refractivity contribution in [2.45, 2.75) is 18.6 Å². The highest BCUT2D eigenvalue weighted by Gasteiger charge is 2.30. The maximum Gasteiger partial charge on any atom is 0.221 e. The number of allylic oxidation sites excluding steroid dienone is 2. The van der Waals surface area contributed by atoms with Gasteiger partial charge in [0, 0.05) is 6.20 Å². The quantitative estimate of drug-likeness (QED) is 0.681. The summed E-state index contributed by atoms with van der Waals surface area (Å²) >= 11 is 0. The standard InChI is InChI=1S/C11H14N4O/c1-11(6-3-2-4-8(11)16)15-9-5-7-13-10(12)14-9/h2-8,16H,1H3,(H3,12,13,14,15). The molecule has 2 rings (SSSR count). The highest BCUT2D eigenvalue weighted by molar-refractivity contribution is 5.44. The van der Waals surface area contributed by atoms with Crippen molar-refractivity contribution in [2.24, 2.45) is 0 Å². The number of aliphatic hydroxyl groups is 1. The first kappa shape index (κ1) is 10.6. The zero-order chi connectivity index (χ0) is 11.6. The van der Waals surface area contributed by atoms with Crippen LogP contribution in [0.4, 0.5) is 11.8 Å². The average Bonchev–Trinajstić information content (AvgIpc) is 2.23. The van der Waals surface area contributed by atoms with Crippen LogP contribution in [-0.4, -0.2) is 26.7 Å². The number of nitrogens with two attached hydrogens (primary N) is 1. The minimum absolute atomic E-state index is 0.207. The molecule has 4 N–H and O–H groups in total. The van der Waals surface area contributed by atoms with Crippen molar-refractivity contribution in [3.8, 4) is 0 Å². The van der Waals surface area contributed by atoms with Crippen molar-refractivity contribution in [3.05, 3.63) is 36.6 Å². The first-order valence-corrected chi connectivity index (χ1v) is 5.01. The molecule has 2 atom stereocenters. The molecule has 84 valence electrons. The summed E-state index contributed by atoms with van der Waals surface area (Å²) < 4.78 is 0.